The van der Waals surface area contributed by atoms with Crippen LogP contribution in [0.5, 0.6) is 0 Å². The molecular weight excluding hydrogens is 311 g/mol. The lowest BCUT2D eigenvalue weighted by Crippen LogP contribution is -2.25. The van der Waals surface area contributed by atoms with Crippen LogP contribution in [0.4, 0.5) is 5.82 Å². The van der Waals surface area contributed by atoms with Crippen molar-refractivity contribution in [3.8, 4) is 11.3 Å². The Labute approximate surface area is 131 Å². The van der Waals surface area contributed by atoms with E-state index in [1.54, 1.807) is 18.2 Å². The molecule has 2 heterocycles. The van der Waals surface area contributed by atoms with E-state index < -0.39 is 0 Å². The van der Waals surface area contributed by atoms with Crippen LogP contribution in [0.15, 0.2) is 18.2 Å². The smallest absolute Gasteiger partial charge is 0.273 e. The monoisotopic (exact) mass is 322 g/mol. The zero-order valence-electron chi connectivity index (χ0n) is 11.2. The molecule has 1 aromatic carbocycles. The first-order valence-corrected chi connectivity index (χ1v) is 7.18. The van der Waals surface area contributed by atoms with Gasteiger partial charge in [-0.15, -0.1) is 0 Å². The van der Waals surface area contributed by atoms with Crippen LogP contribution in [0.2, 0.25) is 10.0 Å². The lowest BCUT2D eigenvalue weighted by molar-refractivity contribution is 0.0953. The van der Waals surface area contributed by atoms with Crippen molar-refractivity contribution in [2.75, 3.05) is 18.4 Å². The number of carbonyl (C=O) groups excluding carboxylic acids is 1. The fourth-order valence-corrected chi connectivity index (χ4v) is 2.57. The molecule has 1 amide bonds. The van der Waals surface area contributed by atoms with Gasteiger partial charge in [0.1, 0.15) is 0 Å². The summed E-state index contributed by atoms with van der Waals surface area (Å²) in [5.41, 5.74) is 2.17. The highest BCUT2D eigenvalue weighted by molar-refractivity contribution is 6.43. The van der Waals surface area contributed by atoms with Gasteiger partial charge in [0.25, 0.3) is 5.91 Å². The number of hydrogen-bond donors (Lipinski definition) is 2. The van der Waals surface area contributed by atoms with Crippen molar-refractivity contribution >= 4 is 34.9 Å². The van der Waals surface area contributed by atoms with Crippen LogP contribution in [0.1, 0.15) is 16.2 Å². The molecular formula is C14H12Cl2N4O. The van der Waals surface area contributed by atoms with E-state index in [0.29, 0.717) is 45.9 Å². The Morgan fingerprint density at radius 3 is 2.67 bits per heavy atom. The fourth-order valence-electron chi connectivity index (χ4n) is 2.18. The predicted molar refractivity (Wildman–Crippen MR) is 83.0 cm³/mol. The van der Waals surface area contributed by atoms with E-state index in [9.17, 15) is 4.79 Å². The number of halogens is 2. The van der Waals surface area contributed by atoms with Crippen LogP contribution in [-0.4, -0.2) is 29.0 Å². The minimum absolute atomic E-state index is 0.248. The second kappa shape index (κ2) is 5.50. The van der Waals surface area contributed by atoms with E-state index in [-0.39, 0.29) is 11.6 Å². The van der Waals surface area contributed by atoms with Gasteiger partial charge in [0.15, 0.2) is 11.5 Å². The Morgan fingerprint density at radius 2 is 1.86 bits per heavy atom. The van der Waals surface area contributed by atoms with E-state index in [4.69, 9.17) is 23.2 Å². The maximum absolute atomic E-state index is 12.0. The summed E-state index contributed by atoms with van der Waals surface area (Å²) >= 11 is 12.3. The van der Waals surface area contributed by atoms with Gasteiger partial charge in [-0.25, -0.2) is 9.97 Å². The topological polar surface area (TPSA) is 66.9 Å². The molecule has 0 atom stereocenters. The van der Waals surface area contributed by atoms with Crippen LogP contribution in [-0.2, 0) is 0 Å². The van der Waals surface area contributed by atoms with Gasteiger partial charge in [-0.3, -0.25) is 4.79 Å². The number of rotatable bonds is 1. The molecule has 108 valence electrons. The summed E-state index contributed by atoms with van der Waals surface area (Å²) in [4.78, 5) is 20.9. The van der Waals surface area contributed by atoms with Crippen molar-refractivity contribution in [2.24, 2.45) is 0 Å². The van der Waals surface area contributed by atoms with Crippen molar-refractivity contribution in [3.63, 3.8) is 0 Å². The van der Waals surface area contributed by atoms with Gasteiger partial charge in [0.05, 0.1) is 21.4 Å². The highest BCUT2D eigenvalue weighted by atomic mass is 35.5. The number of hydrogen-bond acceptors (Lipinski definition) is 4. The third kappa shape index (κ3) is 2.54. The van der Waals surface area contributed by atoms with E-state index in [2.05, 4.69) is 20.6 Å². The Bertz CT molecular complexity index is 733. The first kappa shape index (κ1) is 14.1. The summed E-state index contributed by atoms with van der Waals surface area (Å²) in [5, 5.41) is 6.69. The molecule has 0 saturated carbocycles. The van der Waals surface area contributed by atoms with Crippen LogP contribution >= 0.6 is 23.2 Å². The van der Waals surface area contributed by atoms with Gasteiger partial charge in [-0.05, 0) is 13.0 Å². The molecule has 0 bridgehead atoms. The molecule has 21 heavy (non-hydrogen) atoms. The number of carbonyl (C=O) groups is 1. The Hall–Kier alpha value is -1.85. The van der Waals surface area contributed by atoms with Crippen LogP contribution in [0, 0.1) is 6.92 Å². The number of amides is 1. The number of nitrogens with zero attached hydrogens (tertiary/aromatic N) is 2. The van der Waals surface area contributed by atoms with Gasteiger partial charge in [0.2, 0.25) is 0 Å². The molecule has 0 radical (unpaired) electrons. The fraction of sp³-hybridized carbons (Fsp3) is 0.214. The van der Waals surface area contributed by atoms with Gasteiger partial charge < -0.3 is 10.6 Å². The molecule has 0 saturated heterocycles. The third-order valence-electron chi connectivity index (χ3n) is 3.19. The molecule has 1 aliphatic rings. The average Bonchev–Trinajstić information content (AvgIpc) is 2.63. The highest BCUT2D eigenvalue weighted by Gasteiger charge is 2.21. The largest absolute Gasteiger partial charge is 0.366 e. The maximum Gasteiger partial charge on any atom is 0.273 e. The summed E-state index contributed by atoms with van der Waals surface area (Å²) in [6.07, 6.45) is 0. The van der Waals surface area contributed by atoms with Crippen LogP contribution < -0.4 is 10.6 Å². The zero-order chi connectivity index (χ0) is 15.0. The van der Waals surface area contributed by atoms with Crippen molar-refractivity contribution in [1.29, 1.82) is 0 Å². The Kier molecular flexibility index (Phi) is 3.69. The average molecular weight is 323 g/mol. The second-order valence-corrected chi connectivity index (χ2v) is 5.42. The first-order chi connectivity index (χ1) is 10.1. The SMILES string of the molecule is Cc1nc2c(nc1-c1cccc(Cl)c1Cl)C(=O)NCCN2. The zero-order valence-corrected chi connectivity index (χ0v) is 12.7. The second-order valence-electron chi connectivity index (χ2n) is 4.64. The summed E-state index contributed by atoms with van der Waals surface area (Å²) in [6, 6.07) is 5.29. The molecule has 3 rings (SSSR count). The van der Waals surface area contributed by atoms with E-state index in [0.717, 1.165) is 0 Å². The van der Waals surface area contributed by atoms with E-state index in [1.165, 1.54) is 0 Å². The molecule has 0 unspecified atom stereocenters. The van der Waals surface area contributed by atoms with Crippen LogP contribution in [0.25, 0.3) is 11.3 Å². The molecule has 1 aliphatic heterocycles. The third-order valence-corrected chi connectivity index (χ3v) is 4.01. The summed E-state index contributed by atoms with van der Waals surface area (Å²) in [6.45, 7) is 2.97. The number of aryl methyl sites for hydroxylation is 1. The van der Waals surface area contributed by atoms with Crippen LogP contribution in [0.3, 0.4) is 0 Å². The number of nitrogens with one attached hydrogen (secondary N) is 2. The van der Waals surface area contributed by atoms with Crippen molar-refractivity contribution < 1.29 is 4.79 Å². The standard InChI is InChI=1S/C14H12Cl2N4O/c1-7-11(8-3-2-4-9(15)10(8)16)20-12-13(19-7)17-5-6-18-14(12)21/h2-4H,5-6H2,1H3,(H,17,19)(H,18,21). The highest BCUT2D eigenvalue weighted by Crippen LogP contribution is 2.34. The van der Waals surface area contributed by atoms with E-state index in [1.807, 2.05) is 6.92 Å². The number of aromatic nitrogens is 2. The van der Waals surface area contributed by atoms with Crippen molar-refractivity contribution in [3.05, 3.63) is 39.6 Å². The van der Waals surface area contributed by atoms with Gasteiger partial charge in [0, 0.05) is 18.7 Å². The van der Waals surface area contributed by atoms with Gasteiger partial charge in [-0.1, -0.05) is 35.3 Å². The van der Waals surface area contributed by atoms with E-state index >= 15 is 0 Å². The van der Waals surface area contributed by atoms with Crippen molar-refractivity contribution in [1.82, 2.24) is 15.3 Å². The summed E-state index contributed by atoms with van der Waals surface area (Å²) in [7, 11) is 0. The maximum atomic E-state index is 12.0. The summed E-state index contributed by atoms with van der Waals surface area (Å²) in [5.74, 6) is 0.242. The molecule has 1 aromatic heterocycles. The molecule has 2 aromatic rings. The summed E-state index contributed by atoms with van der Waals surface area (Å²) < 4.78 is 0. The molecule has 0 aliphatic carbocycles. The predicted octanol–water partition coefficient (Wildman–Crippen LogP) is 2.91. The minimum atomic E-state index is -0.248. The van der Waals surface area contributed by atoms with Gasteiger partial charge in [-0.2, -0.15) is 0 Å². The Morgan fingerprint density at radius 1 is 1.10 bits per heavy atom. The first-order valence-electron chi connectivity index (χ1n) is 6.43. The molecule has 0 spiro atoms. The number of anilines is 1. The minimum Gasteiger partial charge on any atom is -0.366 e. The van der Waals surface area contributed by atoms with Gasteiger partial charge >= 0.3 is 0 Å². The Balaban J connectivity index is 2.20. The van der Waals surface area contributed by atoms with Crippen molar-refractivity contribution in [2.45, 2.75) is 6.92 Å². The number of fused-ring (bicyclic) bond motifs is 1. The molecule has 0 fully saturated rings. The lowest BCUT2D eigenvalue weighted by Gasteiger charge is -2.12. The lowest BCUT2D eigenvalue weighted by atomic mass is 10.1. The molecule has 7 heteroatoms. The molecule has 5 nitrogen and oxygen atoms in total. The number of benzene rings is 1. The quantitative estimate of drug-likeness (QED) is 0.847. The normalized spacial score (nSPS) is 14.0. The molecule has 2 N–H and O–H groups in total.